The molecule has 0 saturated heterocycles. The van der Waals surface area contributed by atoms with Crippen LogP contribution in [0.15, 0.2) is 30.6 Å². The summed E-state index contributed by atoms with van der Waals surface area (Å²) in [4.78, 5) is 8.32. The molecular weight excluding hydrogens is 281 g/mol. The summed E-state index contributed by atoms with van der Waals surface area (Å²) in [7, 11) is 0. The molecule has 0 atom stereocenters. The molecule has 0 fully saturated rings. The predicted molar refractivity (Wildman–Crippen MR) is 88.1 cm³/mol. The van der Waals surface area contributed by atoms with Crippen molar-refractivity contribution in [1.82, 2.24) is 9.97 Å². The van der Waals surface area contributed by atoms with Gasteiger partial charge in [-0.1, -0.05) is 26.0 Å². The Labute approximate surface area is 130 Å². The van der Waals surface area contributed by atoms with Crippen LogP contribution in [0.5, 0.6) is 0 Å². The van der Waals surface area contributed by atoms with E-state index in [1.807, 2.05) is 0 Å². The highest BCUT2D eigenvalue weighted by atomic mass is 19.1. The van der Waals surface area contributed by atoms with Crippen LogP contribution in [0, 0.1) is 11.7 Å². The standard InChI is InChI=1S/C16H22FN5/c1-11(2)7-8-19-15-14(18)16(22-10-21-15)20-9-12-3-5-13(17)6-4-12/h3-6,10-11H,7-9,18H2,1-2H3,(H2,19,20,21,22). The van der Waals surface area contributed by atoms with Gasteiger partial charge in [-0.2, -0.15) is 0 Å². The number of hydrogen-bond donors (Lipinski definition) is 3. The first kappa shape index (κ1) is 16.0. The fourth-order valence-corrected chi connectivity index (χ4v) is 1.94. The zero-order chi connectivity index (χ0) is 15.9. The van der Waals surface area contributed by atoms with Gasteiger partial charge >= 0.3 is 0 Å². The third kappa shape index (κ3) is 4.58. The van der Waals surface area contributed by atoms with Gasteiger partial charge in [-0.25, -0.2) is 14.4 Å². The molecule has 22 heavy (non-hydrogen) atoms. The van der Waals surface area contributed by atoms with Crippen molar-refractivity contribution in [3.8, 4) is 0 Å². The van der Waals surface area contributed by atoms with Gasteiger partial charge in [0.1, 0.15) is 17.8 Å². The number of nitrogens with one attached hydrogen (secondary N) is 2. The van der Waals surface area contributed by atoms with Crippen molar-refractivity contribution in [1.29, 1.82) is 0 Å². The summed E-state index contributed by atoms with van der Waals surface area (Å²) >= 11 is 0. The van der Waals surface area contributed by atoms with Crippen LogP contribution in [-0.2, 0) is 6.54 Å². The Hall–Kier alpha value is -2.37. The average Bonchev–Trinajstić information content (AvgIpc) is 2.49. The quantitative estimate of drug-likeness (QED) is 0.732. The number of hydrogen-bond acceptors (Lipinski definition) is 5. The first-order chi connectivity index (χ1) is 10.6. The van der Waals surface area contributed by atoms with Crippen LogP contribution in [0.4, 0.5) is 21.7 Å². The maximum atomic E-state index is 12.9. The summed E-state index contributed by atoms with van der Waals surface area (Å²) < 4.78 is 12.9. The van der Waals surface area contributed by atoms with Crippen molar-refractivity contribution in [2.24, 2.45) is 5.92 Å². The number of rotatable bonds is 7. The van der Waals surface area contributed by atoms with E-state index in [1.54, 1.807) is 12.1 Å². The Bertz CT molecular complexity index is 598. The van der Waals surface area contributed by atoms with Gasteiger partial charge in [0, 0.05) is 13.1 Å². The summed E-state index contributed by atoms with van der Waals surface area (Å²) in [5.41, 5.74) is 7.52. The molecule has 0 aliphatic carbocycles. The van der Waals surface area contributed by atoms with Crippen molar-refractivity contribution < 1.29 is 4.39 Å². The minimum Gasteiger partial charge on any atom is -0.393 e. The van der Waals surface area contributed by atoms with E-state index < -0.39 is 0 Å². The Morgan fingerprint density at radius 2 is 1.73 bits per heavy atom. The fraction of sp³-hybridized carbons (Fsp3) is 0.375. The van der Waals surface area contributed by atoms with Crippen LogP contribution in [0.1, 0.15) is 25.8 Å². The number of nitrogens with two attached hydrogens (primary N) is 1. The monoisotopic (exact) mass is 303 g/mol. The van der Waals surface area contributed by atoms with Gasteiger partial charge in [-0.15, -0.1) is 0 Å². The Morgan fingerprint density at radius 1 is 1.09 bits per heavy atom. The Kier molecular flexibility index (Phi) is 5.52. The summed E-state index contributed by atoms with van der Waals surface area (Å²) in [5, 5.41) is 6.37. The summed E-state index contributed by atoms with van der Waals surface area (Å²) in [6, 6.07) is 6.31. The van der Waals surface area contributed by atoms with Gasteiger partial charge in [0.25, 0.3) is 0 Å². The van der Waals surface area contributed by atoms with Gasteiger partial charge < -0.3 is 16.4 Å². The van der Waals surface area contributed by atoms with E-state index in [0.717, 1.165) is 18.5 Å². The maximum absolute atomic E-state index is 12.9. The Balaban J connectivity index is 1.97. The first-order valence-corrected chi connectivity index (χ1v) is 7.39. The summed E-state index contributed by atoms with van der Waals surface area (Å²) in [6.45, 7) is 5.67. The van der Waals surface area contributed by atoms with E-state index in [4.69, 9.17) is 5.73 Å². The molecule has 0 bridgehead atoms. The molecule has 5 nitrogen and oxygen atoms in total. The van der Waals surface area contributed by atoms with Crippen LogP contribution in [0.2, 0.25) is 0 Å². The lowest BCUT2D eigenvalue weighted by atomic mass is 10.1. The number of nitrogens with zero attached hydrogens (tertiary/aromatic N) is 2. The van der Waals surface area contributed by atoms with Crippen molar-refractivity contribution in [3.63, 3.8) is 0 Å². The van der Waals surface area contributed by atoms with Crippen molar-refractivity contribution >= 4 is 17.3 Å². The van der Waals surface area contributed by atoms with Gasteiger partial charge in [-0.05, 0) is 30.0 Å². The molecule has 0 spiro atoms. The highest BCUT2D eigenvalue weighted by Crippen LogP contribution is 2.23. The number of benzene rings is 1. The number of halogens is 1. The molecule has 0 unspecified atom stereocenters. The lowest BCUT2D eigenvalue weighted by Gasteiger charge is -2.13. The largest absolute Gasteiger partial charge is 0.393 e. The molecular formula is C16H22FN5. The molecule has 2 rings (SSSR count). The number of anilines is 3. The highest BCUT2D eigenvalue weighted by molar-refractivity contribution is 5.73. The SMILES string of the molecule is CC(C)CCNc1ncnc(NCc2ccc(F)cc2)c1N. The van der Waals surface area contributed by atoms with E-state index in [-0.39, 0.29) is 5.82 Å². The lowest BCUT2D eigenvalue weighted by molar-refractivity contribution is 0.606. The minimum absolute atomic E-state index is 0.248. The smallest absolute Gasteiger partial charge is 0.155 e. The molecule has 1 aromatic carbocycles. The maximum Gasteiger partial charge on any atom is 0.155 e. The second-order valence-corrected chi connectivity index (χ2v) is 5.57. The van der Waals surface area contributed by atoms with E-state index in [0.29, 0.717) is 29.8 Å². The van der Waals surface area contributed by atoms with Crippen LogP contribution >= 0.6 is 0 Å². The molecule has 0 aliphatic heterocycles. The summed E-state index contributed by atoms with van der Waals surface area (Å²) in [5.74, 6) is 1.58. The molecule has 0 aliphatic rings. The third-order valence-corrected chi connectivity index (χ3v) is 3.27. The van der Waals surface area contributed by atoms with Crippen LogP contribution in [0.3, 0.4) is 0 Å². The molecule has 0 amide bonds. The Morgan fingerprint density at radius 3 is 2.36 bits per heavy atom. The van der Waals surface area contributed by atoms with Gasteiger partial charge in [0.15, 0.2) is 11.6 Å². The predicted octanol–water partition coefficient (Wildman–Crippen LogP) is 3.27. The third-order valence-electron chi connectivity index (χ3n) is 3.27. The van der Waals surface area contributed by atoms with Crippen molar-refractivity contribution in [2.75, 3.05) is 22.9 Å². The topological polar surface area (TPSA) is 75.9 Å². The molecule has 1 heterocycles. The molecule has 0 saturated carbocycles. The van der Waals surface area contributed by atoms with Gasteiger partial charge in [-0.3, -0.25) is 0 Å². The second-order valence-electron chi connectivity index (χ2n) is 5.57. The average molecular weight is 303 g/mol. The molecule has 2 aromatic rings. The molecule has 4 N–H and O–H groups in total. The molecule has 6 heteroatoms. The molecule has 0 radical (unpaired) electrons. The van der Waals surface area contributed by atoms with Crippen molar-refractivity contribution in [3.05, 3.63) is 42.0 Å². The number of aromatic nitrogens is 2. The normalized spacial score (nSPS) is 10.7. The van der Waals surface area contributed by atoms with Crippen LogP contribution < -0.4 is 16.4 Å². The molecule has 1 aromatic heterocycles. The van der Waals surface area contributed by atoms with Crippen molar-refractivity contribution in [2.45, 2.75) is 26.8 Å². The highest BCUT2D eigenvalue weighted by Gasteiger charge is 2.07. The van der Waals surface area contributed by atoms with Gasteiger partial charge in [0.05, 0.1) is 0 Å². The second kappa shape index (κ2) is 7.59. The van der Waals surface area contributed by atoms with E-state index in [9.17, 15) is 4.39 Å². The van der Waals surface area contributed by atoms with Crippen LogP contribution in [0.25, 0.3) is 0 Å². The lowest BCUT2D eigenvalue weighted by Crippen LogP contribution is -2.11. The number of nitrogen functional groups attached to an aromatic ring is 1. The van der Waals surface area contributed by atoms with E-state index in [2.05, 4.69) is 34.4 Å². The minimum atomic E-state index is -0.248. The fourth-order valence-electron chi connectivity index (χ4n) is 1.94. The van der Waals surface area contributed by atoms with E-state index >= 15 is 0 Å². The summed E-state index contributed by atoms with van der Waals surface area (Å²) in [6.07, 6.45) is 2.52. The van der Waals surface area contributed by atoms with Crippen LogP contribution in [-0.4, -0.2) is 16.5 Å². The first-order valence-electron chi connectivity index (χ1n) is 7.39. The van der Waals surface area contributed by atoms with E-state index in [1.165, 1.54) is 18.5 Å². The zero-order valence-corrected chi connectivity index (χ0v) is 12.9. The zero-order valence-electron chi connectivity index (χ0n) is 12.9. The van der Waals surface area contributed by atoms with Gasteiger partial charge in [0.2, 0.25) is 0 Å². The molecule has 118 valence electrons.